The summed E-state index contributed by atoms with van der Waals surface area (Å²) in [5.74, 6) is 0. The molecule has 0 aliphatic carbocycles. The van der Waals surface area contributed by atoms with Crippen LogP contribution in [0.15, 0.2) is 18.2 Å². The summed E-state index contributed by atoms with van der Waals surface area (Å²) >= 11 is 6.04. The molecule has 2 nitrogen and oxygen atoms in total. The minimum absolute atomic E-state index is 0.548. The van der Waals surface area contributed by atoms with E-state index in [-0.39, 0.29) is 0 Å². The third-order valence-electron chi connectivity index (χ3n) is 2.69. The largest absolute Gasteiger partial charge is 0.381 e. The monoisotopic (exact) mass is 210 g/mol. The van der Waals surface area contributed by atoms with Gasteiger partial charge in [-0.2, -0.15) is 0 Å². The van der Waals surface area contributed by atoms with E-state index in [4.69, 9.17) is 11.6 Å². The minimum Gasteiger partial charge on any atom is -0.381 e. The summed E-state index contributed by atoms with van der Waals surface area (Å²) in [5, 5.41) is 7.67. The lowest BCUT2D eigenvalue weighted by molar-refractivity contribution is 0.792. The molecule has 1 unspecified atom stereocenters. The quantitative estimate of drug-likeness (QED) is 0.784. The van der Waals surface area contributed by atoms with Crippen LogP contribution in [0.2, 0.25) is 5.02 Å². The van der Waals surface area contributed by atoms with E-state index in [0.717, 1.165) is 29.4 Å². The molecule has 1 aromatic carbocycles. The normalized spacial score (nSPS) is 21.1. The molecule has 1 aliphatic rings. The van der Waals surface area contributed by atoms with Crippen molar-refractivity contribution in [3.8, 4) is 0 Å². The lowest BCUT2D eigenvalue weighted by Crippen LogP contribution is -2.22. The van der Waals surface area contributed by atoms with E-state index in [1.54, 1.807) is 0 Å². The van der Waals surface area contributed by atoms with Crippen molar-refractivity contribution in [1.82, 2.24) is 5.32 Å². The molecular formula is C11H15ClN2. The molecule has 1 aliphatic heterocycles. The van der Waals surface area contributed by atoms with Crippen molar-refractivity contribution in [2.24, 2.45) is 0 Å². The van der Waals surface area contributed by atoms with Gasteiger partial charge in [0, 0.05) is 23.3 Å². The SMILES string of the molecule is Cc1c(Cl)cccc1NC1CCNC1. The van der Waals surface area contributed by atoms with Crippen LogP contribution in [0.25, 0.3) is 0 Å². The first kappa shape index (κ1) is 9.81. The molecule has 0 spiro atoms. The molecule has 0 bridgehead atoms. The Hall–Kier alpha value is -0.730. The van der Waals surface area contributed by atoms with Gasteiger partial charge in [0.25, 0.3) is 0 Å². The number of hydrogen-bond acceptors (Lipinski definition) is 2. The van der Waals surface area contributed by atoms with Crippen molar-refractivity contribution in [1.29, 1.82) is 0 Å². The van der Waals surface area contributed by atoms with E-state index in [1.165, 1.54) is 6.42 Å². The lowest BCUT2D eigenvalue weighted by atomic mass is 10.1. The maximum absolute atomic E-state index is 6.04. The van der Waals surface area contributed by atoms with Gasteiger partial charge in [-0.05, 0) is 37.6 Å². The summed E-state index contributed by atoms with van der Waals surface area (Å²) in [4.78, 5) is 0. The maximum Gasteiger partial charge on any atom is 0.0455 e. The Morgan fingerprint density at radius 1 is 1.50 bits per heavy atom. The van der Waals surface area contributed by atoms with E-state index in [9.17, 15) is 0 Å². The maximum atomic E-state index is 6.04. The predicted octanol–water partition coefficient (Wildman–Crippen LogP) is 2.42. The average molecular weight is 211 g/mol. The lowest BCUT2D eigenvalue weighted by Gasteiger charge is -2.15. The van der Waals surface area contributed by atoms with E-state index < -0.39 is 0 Å². The third-order valence-corrected chi connectivity index (χ3v) is 3.10. The van der Waals surface area contributed by atoms with Crippen molar-refractivity contribution in [3.05, 3.63) is 28.8 Å². The second-order valence-electron chi connectivity index (χ2n) is 3.75. The molecule has 1 atom stereocenters. The summed E-state index contributed by atoms with van der Waals surface area (Å²) in [6.07, 6.45) is 1.19. The smallest absolute Gasteiger partial charge is 0.0455 e. The van der Waals surface area contributed by atoms with Crippen LogP contribution in [0.3, 0.4) is 0 Å². The van der Waals surface area contributed by atoms with Gasteiger partial charge >= 0.3 is 0 Å². The molecule has 2 rings (SSSR count). The summed E-state index contributed by atoms with van der Waals surface area (Å²) in [6.45, 7) is 4.20. The molecule has 3 heteroatoms. The van der Waals surface area contributed by atoms with Crippen LogP contribution in [0.5, 0.6) is 0 Å². The molecule has 14 heavy (non-hydrogen) atoms. The Morgan fingerprint density at radius 2 is 2.36 bits per heavy atom. The summed E-state index contributed by atoms with van der Waals surface area (Å²) in [5.41, 5.74) is 2.30. The Balaban J connectivity index is 2.11. The van der Waals surface area contributed by atoms with Crippen LogP contribution < -0.4 is 10.6 Å². The van der Waals surface area contributed by atoms with Crippen molar-refractivity contribution in [2.75, 3.05) is 18.4 Å². The van der Waals surface area contributed by atoms with E-state index >= 15 is 0 Å². The van der Waals surface area contributed by atoms with Crippen molar-refractivity contribution >= 4 is 17.3 Å². The predicted molar refractivity (Wildman–Crippen MR) is 61.1 cm³/mol. The highest BCUT2D eigenvalue weighted by atomic mass is 35.5. The van der Waals surface area contributed by atoms with Crippen LogP contribution in [-0.4, -0.2) is 19.1 Å². The molecule has 0 radical (unpaired) electrons. The second-order valence-corrected chi connectivity index (χ2v) is 4.15. The highest BCUT2D eigenvalue weighted by Gasteiger charge is 2.14. The fraction of sp³-hybridized carbons (Fsp3) is 0.455. The van der Waals surface area contributed by atoms with Crippen molar-refractivity contribution in [2.45, 2.75) is 19.4 Å². The molecule has 0 saturated carbocycles. The number of anilines is 1. The zero-order valence-electron chi connectivity index (χ0n) is 8.31. The van der Waals surface area contributed by atoms with Gasteiger partial charge in [0.15, 0.2) is 0 Å². The Bertz CT molecular complexity index is 319. The van der Waals surface area contributed by atoms with E-state index in [1.807, 2.05) is 19.1 Å². The summed E-state index contributed by atoms with van der Waals surface area (Å²) < 4.78 is 0. The van der Waals surface area contributed by atoms with Crippen LogP contribution in [0.1, 0.15) is 12.0 Å². The zero-order valence-corrected chi connectivity index (χ0v) is 9.06. The fourth-order valence-electron chi connectivity index (χ4n) is 1.76. The summed E-state index contributed by atoms with van der Waals surface area (Å²) in [7, 11) is 0. The number of nitrogens with one attached hydrogen (secondary N) is 2. The second kappa shape index (κ2) is 4.20. The number of halogens is 1. The first-order valence-corrected chi connectivity index (χ1v) is 5.37. The molecule has 0 amide bonds. The van der Waals surface area contributed by atoms with Crippen LogP contribution in [0, 0.1) is 6.92 Å². The highest BCUT2D eigenvalue weighted by Crippen LogP contribution is 2.24. The molecule has 1 heterocycles. The van der Waals surface area contributed by atoms with Crippen LogP contribution in [0.4, 0.5) is 5.69 Å². The fourth-order valence-corrected chi connectivity index (χ4v) is 1.94. The number of rotatable bonds is 2. The van der Waals surface area contributed by atoms with Crippen LogP contribution in [-0.2, 0) is 0 Å². The molecule has 1 fully saturated rings. The van der Waals surface area contributed by atoms with E-state index in [0.29, 0.717) is 6.04 Å². The first-order chi connectivity index (χ1) is 6.77. The van der Waals surface area contributed by atoms with E-state index in [2.05, 4.69) is 16.7 Å². The van der Waals surface area contributed by atoms with Gasteiger partial charge in [0.2, 0.25) is 0 Å². The van der Waals surface area contributed by atoms with Gasteiger partial charge in [0.1, 0.15) is 0 Å². The number of benzene rings is 1. The molecule has 1 saturated heterocycles. The van der Waals surface area contributed by atoms with Crippen LogP contribution >= 0.6 is 11.6 Å². The molecule has 0 aromatic heterocycles. The molecular weight excluding hydrogens is 196 g/mol. The average Bonchev–Trinajstić information content (AvgIpc) is 2.66. The van der Waals surface area contributed by atoms with Gasteiger partial charge in [-0.15, -0.1) is 0 Å². The van der Waals surface area contributed by atoms with Gasteiger partial charge in [-0.3, -0.25) is 0 Å². The van der Waals surface area contributed by atoms with Gasteiger partial charge in [-0.25, -0.2) is 0 Å². The minimum atomic E-state index is 0.548. The van der Waals surface area contributed by atoms with Crippen molar-refractivity contribution < 1.29 is 0 Å². The highest BCUT2D eigenvalue weighted by molar-refractivity contribution is 6.31. The van der Waals surface area contributed by atoms with Gasteiger partial charge in [0.05, 0.1) is 0 Å². The molecule has 2 N–H and O–H groups in total. The topological polar surface area (TPSA) is 24.1 Å². The first-order valence-electron chi connectivity index (χ1n) is 5.00. The summed E-state index contributed by atoms with van der Waals surface area (Å²) in [6, 6.07) is 6.54. The molecule has 76 valence electrons. The van der Waals surface area contributed by atoms with Gasteiger partial charge in [-0.1, -0.05) is 17.7 Å². The Morgan fingerprint density at radius 3 is 3.07 bits per heavy atom. The zero-order chi connectivity index (χ0) is 9.97. The number of hydrogen-bond donors (Lipinski definition) is 2. The standard InChI is InChI=1S/C11H15ClN2/c1-8-10(12)3-2-4-11(8)14-9-5-6-13-7-9/h2-4,9,13-14H,5-7H2,1H3. The Labute approximate surface area is 89.7 Å². The third kappa shape index (κ3) is 2.02. The molecule has 1 aromatic rings. The Kier molecular flexibility index (Phi) is 2.94. The van der Waals surface area contributed by atoms with Gasteiger partial charge < -0.3 is 10.6 Å². The van der Waals surface area contributed by atoms with Crippen molar-refractivity contribution in [3.63, 3.8) is 0 Å².